The van der Waals surface area contributed by atoms with E-state index in [1.165, 1.54) is 17.4 Å². The number of hydrogen-bond donors (Lipinski definition) is 0. The predicted molar refractivity (Wildman–Crippen MR) is 61.5 cm³/mol. The Morgan fingerprint density at radius 3 is 2.87 bits per heavy atom. The van der Waals surface area contributed by atoms with Gasteiger partial charge in [0.05, 0.1) is 5.69 Å². The third-order valence-corrected chi connectivity index (χ3v) is 3.09. The Balaban J connectivity index is 2.33. The van der Waals surface area contributed by atoms with E-state index < -0.39 is 0 Å². The molecule has 0 bridgehead atoms. The second-order valence-corrected chi connectivity index (χ2v) is 4.23. The summed E-state index contributed by atoms with van der Waals surface area (Å²) in [5.74, 6) is -0.199. The van der Waals surface area contributed by atoms with Crippen LogP contribution >= 0.6 is 11.3 Å². The molecule has 0 fully saturated rings. The quantitative estimate of drug-likeness (QED) is 0.766. The van der Waals surface area contributed by atoms with E-state index in [0.717, 1.165) is 23.5 Å². The molecule has 2 rings (SSSR count). The van der Waals surface area contributed by atoms with Crippen LogP contribution in [0, 0.1) is 5.82 Å². The van der Waals surface area contributed by atoms with Crippen molar-refractivity contribution in [2.45, 2.75) is 19.8 Å². The van der Waals surface area contributed by atoms with Gasteiger partial charge in [-0.1, -0.05) is 25.5 Å². The van der Waals surface area contributed by atoms with E-state index in [0.29, 0.717) is 5.56 Å². The standard InChI is InChI=1S/C12H12FNS/c1-2-5-9-8-15-12(14-9)10-6-3-4-7-11(10)13/h3-4,6-8H,2,5H2,1H3. The van der Waals surface area contributed by atoms with Gasteiger partial charge in [0.25, 0.3) is 0 Å². The average molecular weight is 221 g/mol. The lowest BCUT2D eigenvalue weighted by atomic mass is 10.2. The van der Waals surface area contributed by atoms with Crippen molar-refractivity contribution < 1.29 is 4.39 Å². The largest absolute Gasteiger partial charge is 0.241 e. The maximum atomic E-state index is 13.4. The summed E-state index contributed by atoms with van der Waals surface area (Å²) in [6.45, 7) is 2.11. The third kappa shape index (κ3) is 2.23. The van der Waals surface area contributed by atoms with Crippen molar-refractivity contribution in [3.05, 3.63) is 41.2 Å². The molecule has 0 aliphatic carbocycles. The van der Waals surface area contributed by atoms with Crippen molar-refractivity contribution in [2.24, 2.45) is 0 Å². The summed E-state index contributed by atoms with van der Waals surface area (Å²) < 4.78 is 13.4. The Hall–Kier alpha value is -1.22. The Bertz CT molecular complexity index is 450. The smallest absolute Gasteiger partial charge is 0.133 e. The lowest BCUT2D eigenvalue weighted by Gasteiger charge is -1.97. The predicted octanol–water partition coefficient (Wildman–Crippen LogP) is 3.90. The summed E-state index contributed by atoms with van der Waals surface area (Å²) in [4.78, 5) is 4.41. The van der Waals surface area contributed by atoms with Crippen LogP contribution in [-0.4, -0.2) is 4.98 Å². The van der Waals surface area contributed by atoms with E-state index in [2.05, 4.69) is 11.9 Å². The maximum absolute atomic E-state index is 13.4. The van der Waals surface area contributed by atoms with E-state index in [-0.39, 0.29) is 5.82 Å². The molecule has 1 aromatic heterocycles. The molecule has 0 radical (unpaired) electrons. The molecule has 0 amide bonds. The molecule has 1 nitrogen and oxygen atoms in total. The molecule has 1 heterocycles. The van der Waals surface area contributed by atoms with Crippen molar-refractivity contribution >= 4 is 11.3 Å². The minimum absolute atomic E-state index is 0.199. The van der Waals surface area contributed by atoms with Crippen molar-refractivity contribution in [1.29, 1.82) is 0 Å². The van der Waals surface area contributed by atoms with Crippen molar-refractivity contribution in [1.82, 2.24) is 4.98 Å². The van der Waals surface area contributed by atoms with Crippen LogP contribution in [0.25, 0.3) is 10.6 Å². The SMILES string of the molecule is CCCc1csc(-c2ccccc2F)n1. The first-order valence-electron chi connectivity index (χ1n) is 5.00. The van der Waals surface area contributed by atoms with Crippen LogP contribution in [-0.2, 0) is 6.42 Å². The molecule has 15 heavy (non-hydrogen) atoms. The first-order chi connectivity index (χ1) is 7.31. The van der Waals surface area contributed by atoms with Gasteiger partial charge in [0.1, 0.15) is 10.8 Å². The number of halogens is 1. The van der Waals surface area contributed by atoms with E-state index in [9.17, 15) is 4.39 Å². The zero-order valence-corrected chi connectivity index (χ0v) is 9.35. The second kappa shape index (κ2) is 4.53. The van der Waals surface area contributed by atoms with E-state index >= 15 is 0 Å². The Morgan fingerprint density at radius 1 is 1.33 bits per heavy atom. The Kier molecular flexibility index (Phi) is 3.11. The first kappa shape index (κ1) is 10.3. The number of thiazole rings is 1. The summed E-state index contributed by atoms with van der Waals surface area (Å²) in [5.41, 5.74) is 1.66. The minimum Gasteiger partial charge on any atom is -0.241 e. The van der Waals surface area contributed by atoms with Gasteiger partial charge in [0.15, 0.2) is 0 Å². The molecule has 0 aliphatic rings. The highest BCUT2D eigenvalue weighted by atomic mass is 32.1. The zero-order chi connectivity index (χ0) is 10.7. The molecular formula is C12H12FNS. The van der Waals surface area contributed by atoms with Crippen LogP contribution < -0.4 is 0 Å². The molecule has 0 atom stereocenters. The highest BCUT2D eigenvalue weighted by Crippen LogP contribution is 2.26. The van der Waals surface area contributed by atoms with E-state index in [1.807, 2.05) is 11.4 Å². The number of nitrogens with zero attached hydrogens (tertiary/aromatic N) is 1. The fourth-order valence-electron chi connectivity index (χ4n) is 1.44. The molecule has 0 aliphatic heterocycles. The van der Waals surface area contributed by atoms with Crippen LogP contribution in [0.15, 0.2) is 29.6 Å². The van der Waals surface area contributed by atoms with Crippen LogP contribution in [0.5, 0.6) is 0 Å². The zero-order valence-electron chi connectivity index (χ0n) is 8.53. The molecule has 0 spiro atoms. The van der Waals surface area contributed by atoms with Crippen molar-refractivity contribution in [3.8, 4) is 10.6 Å². The molecule has 2 aromatic rings. The summed E-state index contributed by atoms with van der Waals surface area (Å²) in [5, 5.41) is 2.78. The molecule has 0 saturated heterocycles. The maximum Gasteiger partial charge on any atom is 0.133 e. The van der Waals surface area contributed by atoms with Gasteiger partial charge in [-0.05, 0) is 18.6 Å². The number of aryl methyl sites for hydroxylation is 1. The topological polar surface area (TPSA) is 12.9 Å². The monoisotopic (exact) mass is 221 g/mol. The lowest BCUT2D eigenvalue weighted by molar-refractivity contribution is 0.631. The Morgan fingerprint density at radius 2 is 2.13 bits per heavy atom. The lowest BCUT2D eigenvalue weighted by Crippen LogP contribution is -1.85. The molecule has 78 valence electrons. The Labute approximate surface area is 92.6 Å². The van der Waals surface area contributed by atoms with Crippen LogP contribution in [0.3, 0.4) is 0 Å². The van der Waals surface area contributed by atoms with Gasteiger partial charge in [-0.2, -0.15) is 0 Å². The van der Waals surface area contributed by atoms with Crippen molar-refractivity contribution in [2.75, 3.05) is 0 Å². The number of rotatable bonds is 3. The van der Waals surface area contributed by atoms with Gasteiger partial charge in [-0.15, -0.1) is 11.3 Å². The van der Waals surface area contributed by atoms with E-state index in [1.54, 1.807) is 12.1 Å². The van der Waals surface area contributed by atoms with Gasteiger partial charge < -0.3 is 0 Å². The van der Waals surface area contributed by atoms with Crippen LogP contribution in [0.1, 0.15) is 19.0 Å². The van der Waals surface area contributed by atoms with Gasteiger partial charge in [-0.3, -0.25) is 0 Å². The first-order valence-corrected chi connectivity index (χ1v) is 5.88. The average Bonchev–Trinajstić information content (AvgIpc) is 2.68. The van der Waals surface area contributed by atoms with E-state index in [4.69, 9.17) is 0 Å². The summed E-state index contributed by atoms with van der Waals surface area (Å²) in [6.07, 6.45) is 2.03. The van der Waals surface area contributed by atoms with Gasteiger partial charge in [0, 0.05) is 10.9 Å². The summed E-state index contributed by atoms with van der Waals surface area (Å²) in [7, 11) is 0. The molecule has 3 heteroatoms. The van der Waals surface area contributed by atoms with Crippen LogP contribution in [0.4, 0.5) is 4.39 Å². The minimum atomic E-state index is -0.199. The molecule has 0 N–H and O–H groups in total. The van der Waals surface area contributed by atoms with Crippen molar-refractivity contribution in [3.63, 3.8) is 0 Å². The highest BCUT2D eigenvalue weighted by Gasteiger charge is 2.08. The number of benzene rings is 1. The third-order valence-electron chi connectivity index (χ3n) is 2.16. The molecular weight excluding hydrogens is 209 g/mol. The second-order valence-electron chi connectivity index (χ2n) is 3.37. The van der Waals surface area contributed by atoms with Gasteiger partial charge in [-0.25, -0.2) is 9.37 Å². The summed E-state index contributed by atoms with van der Waals surface area (Å²) in [6, 6.07) is 6.76. The highest BCUT2D eigenvalue weighted by molar-refractivity contribution is 7.13. The molecule has 1 aromatic carbocycles. The number of aromatic nitrogens is 1. The van der Waals surface area contributed by atoms with Gasteiger partial charge >= 0.3 is 0 Å². The molecule has 0 unspecified atom stereocenters. The fraction of sp³-hybridized carbons (Fsp3) is 0.250. The molecule has 0 saturated carbocycles. The fourth-order valence-corrected chi connectivity index (χ4v) is 2.32. The van der Waals surface area contributed by atoms with Crippen LogP contribution in [0.2, 0.25) is 0 Å². The normalized spacial score (nSPS) is 10.5. The summed E-state index contributed by atoms with van der Waals surface area (Å²) >= 11 is 1.51. The van der Waals surface area contributed by atoms with Gasteiger partial charge in [0.2, 0.25) is 0 Å². The number of hydrogen-bond acceptors (Lipinski definition) is 2.